The van der Waals surface area contributed by atoms with Crippen LogP contribution in [0.25, 0.3) is 0 Å². The number of pyridine rings is 1. The lowest BCUT2D eigenvalue weighted by Crippen LogP contribution is -2.41. The molecule has 0 spiro atoms. The third kappa shape index (κ3) is 4.53. The summed E-state index contributed by atoms with van der Waals surface area (Å²) in [6.07, 6.45) is 2.79. The molecule has 0 saturated carbocycles. The van der Waals surface area contributed by atoms with Gasteiger partial charge in [-0.1, -0.05) is 0 Å². The number of rotatable bonds is 6. The van der Waals surface area contributed by atoms with Crippen LogP contribution in [0.3, 0.4) is 0 Å². The third-order valence-electron chi connectivity index (χ3n) is 4.68. The smallest absolute Gasteiger partial charge is 0.250 e. The molecule has 0 saturated heterocycles. The summed E-state index contributed by atoms with van der Waals surface area (Å²) in [4.78, 5) is 16.6. The van der Waals surface area contributed by atoms with E-state index in [1.54, 1.807) is 12.3 Å². The van der Waals surface area contributed by atoms with E-state index in [-0.39, 0.29) is 17.5 Å². The lowest BCUT2D eigenvalue weighted by molar-refractivity contribution is -0.118. The first kappa shape index (κ1) is 19.5. The second kappa shape index (κ2) is 8.63. The maximum atomic E-state index is 13.7. The van der Waals surface area contributed by atoms with Gasteiger partial charge in [-0.05, 0) is 49.9 Å². The molecule has 1 aliphatic heterocycles. The number of carbonyl (C=O) groups excluding carboxylic acids is 1. The number of aromatic nitrogens is 1. The zero-order valence-electron chi connectivity index (χ0n) is 15.8. The van der Waals surface area contributed by atoms with Gasteiger partial charge in [-0.3, -0.25) is 9.78 Å². The highest BCUT2D eigenvalue weighted by Crippen LogP contribution is 2.21. The first-order valence-electron chi connectivity index (χ1n) is 9.10. The fraction of sp³-hybridized carbons (Fsp3) is 0.286. The largest absolute Gasteiger partial charge is 0.358 e. The Labute approximate surface area is 163 Å². The van der Waals surface area contributed by atoms with Crippen molar-refractivity contribution in [3.8, 4) is 6.07 Å². The molecule has 1 aromatic heterocycles. The Kier molecular flexibility index (Phi) is 6.02. The van der Waals surface area contributed by atoms with Gasteiger partial charge in [-0.15, -0.1) is 0 Å². The van der Waals surface area contributed by atoms with E-state index < -0.39 is 5.82 Å². The van der Waals surface area contributed by atoms with Crippen LogP contribution in [0.5, 0.6) is 0 Å². The number of anilines is 1. The van der Waals surface area contributed by atoms with Gasteiger partial charge >= 0.3 is 0 Å². The minimum Gasteiger partial charge on any atom is -0.358 e. The van der Waals surface area contributed by atoms with Crippen LogP contribution in [0.2, 0.25) is 0 Å². The van der Waals surface area contributed by atoms with Crippen molar-refractivity contribution in [3.05, 3.63) is 70.4 Å². The van der Waals surface area contributed by atoms with Crippen LogP contribution in [0, 0.1) is 17.1 Å². The predicted molar refractivity (Wildman–Crippen MR) is 105 cm³/mol. The third-order valence-corrected chi connectivity index (χ3v) is 4.68. The van der Waals surface area contributed by atoms with E-state index in [2.05, 4.69) is 20.9 Å². The van der Waals surface area contributed by atoms with Crippen LogP contribution in [0.1, 0.15) is 30.2 Å². The average Bonchev–Trinajstić information content (AvgIpc) is 2.67. The number of likely N-dealkylation sites (N-methyl/N-ethyl adjacent to an activating group) is 1. The molecule has 0 bridgehead atoms. The number of benzene rings is 1. The summed E-state index contributed by atoms with van der Waals surface area (Å²) in [6, 6.07) is 9.86. The van der Waals surface area contributed by atoms with E-state index in [1.807, 2.05) is 32.2 Å². The normalized spacial score (nSPS) is 15.0. The molecule has 1 aliphatic rings. The maximum Gasteiger partial charge on any atom is 0.250 e. The molecule has 7 heteroatoms. The lowest BCUT2D eigenvalue weighted by atomic mass is 10.00. The van der Waals surface area contributed by atoms with Crippen molar-refractivity contribution in [2.45, 2.75) is 25.8 Å². The molecule has 1 unspecified atom stereocenters. The Balaban J connectivity index is 1.84. The Morgan fingerprint density at radius 3 is 2.93 bits per heavy atom. The molecule has 1 aromatic carbocycles. The van der Waals surface area contributed by atoms with E-state index in [1.165, 1.54) is 12.1 Å². The monoisotopic (exact) mass is 379 g/mol. The molecule has 0 aliphatic carbocycles. The summed E-state index contributed by atoms with van der Waals surface area (Å²) in [7, 11) is 1.82. The number of hydrogen-bond donors (Lipinski definition) is 3. The fourth-order valence-electron chi connectivity index (χ4n) is 3.25. The second-order valence-corrected chi connectivity index (χ2v) is 6.71. The van der Waals surface area contributed by atoms with Crippen molar-refractivity contribution < 1.29 is 9.18 Å². The molecular formula is C21H22FN5O. The van der Waals surface area contributed by atoms with Gasteiger partial charge in [0, 0.05) is 48.7 Å². The van der Waals surface area contributed by atoms with Gasteiger partial charge < -0.3 is 16.0 Å². The highest BCUT2D eigenvalue weighted by atomic mass is 19.1. The highest BCUT2D eigenvalue weighted by molar-refractivity contribution is 5.96. The molecule has 0 radical (unpaired) electrons. The molecule has 144 valence electrons. The number of halogens is 1. The van der Waals surface area contributed by atoms with Gasteiger partial charge in [-0.25, -0.2) is 4.39 Å². The summed E-state index contributed by atoms with van der Waals surface area (Å²) in [5.41, 5.74) is 4.09. The Morgan fingerprint density at radius 1 is 1.36 bits per heavy atom. The Bertz CT molecular complexity index is 964. The molecule has 0 fully saturated rings. The zero-order chi connectivity index (χ0) is 20.1. The summed E-state index contributed by atoms with van der Waals surface area (Å²) >= 11 is 0. The van der Waals surface area contributed by atoms with Crippen LogP contribution in [0.4, 0.5) is 10.1 Å². The van der Waals surface area contributed by atoms with E-state index >= 15 is 0 Å². The van der Waals surface area contributed by atoms with Gasteiger partial charge in [0.2, 0.25) is 0 Å². The molecule has 1 atom stereocenters. The topological polar surface area (TPSA) is 89.8 Å². The maximum absolute atomic E-state index is 13.7. The van der Waals surface area contributed by atoms with Crippen molar-refractivity contribution in [2.75, 3.05) is 18.9 Å². The number of nitrogens with one attached hydrogen (secondary N) is 3. The minimum atomic E-state index is -0.438. The van der Waals surface area contributed by atoms with Crippen molar-refractivity contribution in [1.29, 1.82) is 5.26 Å². The van der Waals surface area contributed by atoms with Crippen molar-refractivity contribution >= 4 is 11.6 Å². The summed E-state index contributed by atoms with van der Waals surface area (Å²) in [5, 5.41) is 18.3. The Morgan fingerprint density at radius 2 is 2.18 bits per heavy atom. The van der Waals surface area contributed by atoms with Gasteiger partial charge in [-0.2, -0.15) is 5.26 Å². The van der Waals surface area contributed by atoms with E-state index in [4.69, 9.17) is 5.26 Å². The SMILES string of the molecule is CNC(C)C1=C(Nc2ccnc(Cc3cc(F)cc(C#N)c3)c2)CCNC1=O. The zero-order valence-corrected chi connectivity index (χ0v) is 15.8. The number of nitriles is 1. The second-order valence-electron chi connectivity index (χ2n) is 6.71. The van der Waals surface area contributed by atoms with E-state index in [0.717, 1.165) is 17.1 Å². The average molecular weight is 379 g/mol. The van der Waals surface area contributed by atoms with E-state index in [0.29, 0.717) is 30.5 Å². The first-order valence-corrected chi connectivity index (χ1v) is 9.10. The lowest BCUT2D eigenvalue weighted by Gasteiger charge is -2.25. The quantitative estimate of drug-likeness (QED) is 0.717. The number of nitrogens with zero attached hydrogens (tertiary/aromatic N) is 2. The fourth-order valence-corrected chi connectivity index (χ4v) is 3.25. The van der Waals surface area contributed by atoms with Crippen LogP contribution in [0.15, 0.2) is 47.8 Å². The van der Waals surface area contributed by atoms with Gasteiger partial charge in [0.05, 0.1) is 17.2 Å². The van der Waals surface area contributed by atoms with Crippen molar-refractivity contribution in [2.24, 2.45) is 0 Å². The molecule has 6 nitrogen and oxygen atoms in total. The molecular weight excluding hydrogens is 357 g/mol. The molecule has 1 amide bonds. The van der Waals surface area contributed by atoms with E-state index in [9.17, 15) is 9.18 Å². The van der Waals surface area contributed by atoms with Gasteiger partial charge in [0.25, 0.3) is 5.91 Å². The molecule has 3 N–H and O–H groups in total. The number of amides is 1. The summed E-state index contributed by atoms with van der Waals surface area (Å²) in [6.45, 7) is 2.52. The summed E-state index contributed by atoms with van der Waals surface area (Å²) < 4.78 is 13.7. The molecule has 3 rings (SSSR count). The van der Waals surface area contributed by atoms with Gasteiger partial charge in [0.1, 0.15) is 5.82 Å². The highest BCUT2D eigenvalue weighted by Gasteiger charge is 2.24. The van der Waals surface area contributed by atoms with Crippen molar-refractivity contribution in [3.63, 3.8) is 0 Å². The molecule has 2 heterocycles. The Hall–Kier alpha value is -3.24. The molecule has 28 heavy (non-hydrogen) atoms. The number of carbonyl (C=O) groups is 1. The van der Waals surface area contributed by atoms with Crippen LogP contribution in [-0.2, 0) is 11.2 Å². The van der Waals surface area contributed by atoms with Gasteiger partial charge in [0.15, 0.2) is 0 Å². The first-order chi connectivity index (χ1) is 13.5. The van der Waals surface area contributed by atoms with Crippen LogP contribution in [-0.4, -0.2) is 30.5 Å². The van der Waals surface area contributed by atoms with Crippen LogP contribution >= 0.6 is 0 Å². The number of hydrogen-bond acceptors (Lipinski definition) is 5. The van der Waals surface area contributed by atoms with Crippen molar-refractivity contribution in [1.82, 2.24) is 15.6 Å². The predicted octanol–water partition coefficient (Wildman–Crippen LogP) is 2.48. The molecule has 2 aromatic rings. The standard InChI is InChI=1S/C21H22FN5O/c1-13(24-2)20-19(4-6-26-21(20)28)27-17-3-5-25-18(11-17)10-14-7-15(12-23)9-16(22)8-14/h3,5,7-9,11,13,24H,4,6,10H2,1-2H3,(H,25,27)(H,26,28). The summed E-state index contributed by atoms with van der Waals surface area (Å²) in [5.74, 6) is -0.513. The minimum absolute atomic E-state index is 0.0753. The van der Waals surface area contributed by atoms with Crippen LogP contribution < -0.4 is 16.0 Å².